The second-order valence-corrected chi connectivity index (χ2v) is 1.93. The Kier molecular flexibility index (Phi) is 1.93. The molecule has 0 bridgehead atoms. The first kappa shape index (κ1) is 7.35. The van der Waals surface area contributed by atoms with Crippen LogP contribution in [0.4, 0.5) is 5.69 Å². The van der Waals surface area contributed by atoms with Crippen molar-refractivity contribution in [3.8, 4) is 11.9 Å². The van der Waals surface area contributed by atoms with E-state index in [1.165, 1.54) is 19.4 Å². The van der Waals surface area contributed by atoms with Gasteiger partial charge >= 0.3 is 0 Å². The van der Waals surface area contributed by atoms with Crippen molar-refractivity contribution in [3.63, 3.8) is 0 Å². The Hall–Kier alpha value is -1.76. The molecule has 0 saturated carbocycles. The normalized spacial score (nSPS) is 8.73. The molecule has 56 valence electrons. The SMILES string of the molecule is COc1ncc(C#N)cc1N. The number of pyridine rings is 1. The zero-order valence-corrected chi connectivity index (χ0v) is 6.03. The van der Waals surface area contributed by atoms with E-state index in [0.29, 0.717) is 17.1 Å². The Bertz CT molecular complexity index is 303. The molecule has 0 fully saturated rings. The lowest BCUT2D eigenvalue weighted by Gasteiger charge is -2.00. The van der Waals surface area contributed by atoms with Gasteiger partial charge < -0.3 is 10.5 Å². The molecule has 2 N–H and O–H groups in total. The standard InChI is InChI=1S/C7H7N3O/c1-11-7-6(9)2-5(3-8)4-10-7/h2,4H,9H2,1H3. The third-order valence-corrected chi connectivity index (χ3v) is 1.20. The molecule has 0 aliphatic rings. The maximum absolute atomic E-state index is 8.44. The van der Waals surface area contributed by atoms with Crippen molar-refractivity contribution in [2.75, 3.05) is 12.8 Å². The maximum atomic E-state index is 8.44. The minimum absolute atomic E-state index is 0.351. The molecule has 0 amide bonds. The summed E-state index contributed by atoms with van der Waals surface area (Å²) in [5, 5.41) is 8.44. The average molecular weight is 149 g/mol. The first-order valence-electron chi connectivity index (χ1n) is 2.97. The lowest BCUT2D eigenvalue weighted by molar-refractivity contribution is 0.400. The van der Waals surface area contributed by atoms with E-state index in [4.69, 9.17) is 15.7 Å². The fraction of sp³-hybridized carbons (Fsp3) is 0.143. The van der Waals surface area contributed by atoms with Crippen LogP contribution in [0, 0.1) is 11.3 Å². The summed E-state index contributed by atoms with van der Waals surface area (Å²) in [5.74, 6) is 0.351. The number of nitrogens with zero attached hydrogens (tertiary/aromatic N) is 2. The largest absolute Gasteiger partial charge is 0.480 e. The van der Waals surface area contributed by atoms with E-state index in [-0.39, 0.29) is 0 Å². The van der Waals surface area contributed by atoms with Gasteiger partial charge in [-0.05, 0) is 6.07 Å². The van der Waals surface area contributed by atoms with Gasteiger partial charge in [0.05, 0.1) is 18.4 Å². The third-order valence-electron chi connectivity index (χ3n) is 1.20. The molecular weight excluding hydrogens is 142 g/mol. The number of nitrogen functional groups attached to an aromatic ring is 1. The Morgan fingerprint density at radius 2 is 2.45 bits per heavy atom. The van der Waals surface area contributed by atoms with Gasteiger partial charge in [-0.25, -0.2) is 4.98 Å². The van der Waals surface area contributed by atoms with Gasteiger partial charge in [0.15, 0.2) is 0 Å². The summed E-state index contributed by atoms with van der Waals surface area (Å²) in [5.41, 5.74) is 6.28. The summed E-state index contributed by atoms with van der Waals surface area (Å²) < 4.78 is 4.80. The monoisotopic (exact) mass is 149 g/mol. The van der Waals surface area contributed by atoms with Crippen molar-refractivity contribution in [3.05, 3.63) is 17.8 Å². The van der Waals surface area contributed by atoms with E-state index in [0.717, 1.165) is 0 Å². The molecule has 0 aliphatic heterocycles. The number of aromatic nitrogens is 1. The highest BCUT2D eigenvalue weighted by Crippen LogP contribution is 2.17. The first-order valence-corrected chi connectivity index (χ1v) is 2.97. The summed E-state index contributed by atoms with van der Waals surface area (Å²) in [4.78, 5) is 3.80. The molecule has 0 aliphatic carbocycles. The fourth-order valence-electron chi connectivity index (χ4n) is 0.701. The number of anilines is 1. The van der Waals surface area contributed by atoms with Crippen molar-refractivity contribution in [2.24, 2.45) is 0 Å². The molecule has 0 atom stereocenters. The van der Waals surface area contributed by atoms with Gasteiger partial charge in [-0.2, -0.15) is 5.26 Å². The minimum atomic E-state index is 0.351. The summed E-state index contributed by atoms with van der Waals surface area (Å²) in [6.07, 6.45) is 1.41. The van der Waals surface area contributed by atoms with Crippen LogP contribution in [0.3, 0.4) is 0 Å². The van der Waals surface area contributed by atoms with E-state index in [2.05, 4.69) is 4.98 Å². The zero-order valence-electron chi connectivity index (χ0n) is 6.03. The highest BCUT2D eigenvalue weighted by atomic mass is 16.5. The summed E-state index contributed by atoms with van der Waals surface area (Å²) in [6, 6.07) is 3.44. The number of nitriles is 1. The van der Waals surface area contributed by atoms with Crippen molar-refractivity contribution in [2.45, 2.75) is 0 Å². The Morgan fingerprint density at radius 1 is 1.73 bits per heavy atom. The molecule has 1 aromatic heterocycles. The van der Waals surface area contributed by atoms with Crippen LogP contribution < -0.4 is 10.5 Å². The van der Waals surface area contributed by atoms with Crippen LogP contribution in [-0.4, -0.2) is 12.1 Å². The van der Waals surface area contributed by atoms with E-state index >= 15 is 0 Å². The summed E-state index contributed by atoms with van der Waals surface area (Å²) in [7, 11) is 1.48. The molecule has 0 unspecified atom stereocenters. The molecule has 1 heterocycles. The number of ether oxygens (including phenoxy) is 1. The van der Waals surface area contributed by atoms with Crippen molar-refractivity contribution in [1.82, 2.24) is 4.98 Å². The number of methoxy groups -OCH3 is 1. The van der Waals surface area contributed by atoms with E-state index < -0.39 is 0 Å². The topological polar surface area (TPSA) is 71.9 Å². The lowest BCUT2D eigenvalue weighted by Crippen LogP contribution is -1.95. The molecule has 1 aromatic rings. The van der Waals surface area contributed by atoms with Crippen LogP contribution in [0.2, 0.25) is 0 Å². The highest BCUT2D eigenvalue weighted by Gasteiger charge is 2.00. The minimum Gasteiger partial charge on any atom is -0.480 e. The fourth-order valence-corrected chi connectivity index (χ4v) is 0.701. The molecular formula is C7H7N3O. The maximum Gasteiger partial charge on any atom is 0.236 e. The summed E-state index contributed by atoms with van der Waals surface area (Å²) in [6.45, 7) is 0. The molecule has 4 nitrogen and oxygen atoms in total. The van der Waals surface area contributed by atoms with E-state index in [9.17, 15) is 0 Å². The average Bonchev–Trinajstić information content (AvgIpc) is 2.04. The second-order valence-electron chi connectivity index (χ2n) is 1.93. The lowest BCUT2D eigenvalue weighted by atomic mass is 10.3. The Labute approximate surface area is 64.2 Å². The van der Waals surface area contributed by atoms with Crippen LogP contribution in [0.15, 0.2) is 12.3 Å². The molecule has 0 aromatic carbocycles. The molecule has 4 heteroatoms. The van der Waals surface area contributed by atoms with Gasteiger partial charge in [0.25, 0.3) is 0 Å². The van der Waals surface area contributed by atoms with Gasteiger partial charge in [-0.15, -0.1) is 0 Å². The highest BCUT2D eigenvalue weighted by molar-refractivity contribution is 5.51. The zero-order chi connectivity index (χ0) is 8.27. The van der Waals surface area contributed by atoms with Crippen molar-refractivity contribution >= 4 is 5.69 Å². The van der Waals surface area contributed by atoms with Crippen molar-refractivity contribution < 1.29 is 4.74 Å². The number of hydrogen-bond donors (Lipinski definition) is 1. The van der Waals surface area contributed by atoms with Gasteiger partial charge in [-0.1, -0.05) is 0 Å². The number of nitrogens with two attached hydrogens (primary N) is 1. The van der Waals surface area contributed by atoms with Crippen LogP contribution in [0.25, 0.3) is 0 Å². The van der Waals surface area contributed by atoms with Gasteiger partial charge in [0.2, 0.25) is 5.88 Å². The molecule has 11 heavy (non-hydrogen) atoms. The third kappa shape index (κ3) is 1.38. The number of hydrogen-bond acceptors (Lipinski definition) is 4. The Morgan fingerprint density at radius 3 is 2.91 bits per heavy atom. The van der Waals surface area contributed by atoms with Crippen LogP contribution in [-0.2, 0) is 0 Å². The predicted octanol–water partition coefficient (Wildman–Crippen LogP) is 0.544. The molecule has 0 spiro atoms. The molecule has 1 rings (SSSR count). The predicted molar refractivity (Wildman–Crippen MR) is 39.9 cm³/mol. The first-order chi connectivity index (χ1) is 5.27. The smallest absolute Gasteiger partial charge is 0.236 e. The Balaban J connectivity index is 3.12. The van der Waals surface area contributed by atoms with Crippen molar-refractivity contribution in [1.29, 1.82) is 5.26 Å². The van der Waals surface area contributed by atoms with Gasteiger partial charge in [0.1, 0.15) is 6.07 Å². The summed E-state index contributed by atoms with van der Waals surface area (Å²) >= 11 is 0. The van der Waals surface area contributed by atoms with E-state index in [1.54, 1.807) is 0 Å². The molecule has 0 saturated heterocycles. The molecule has 0 radical (unpaired) electrons. The number of rotatable bonds is 1. The van der Waals surface area contributed by atoms with Crippen LogP contribution >= 0.6 is 0 Å². The van der Waals surface area contributed by atoms with Gasteiger partial charge in [-0.3, -0.25) is 0 Å². The van der Waals surface area contributed by atoms with E-state index in [1.807, 2.05) is 6.07 Å². The second kappa shape index (κ2) is 2.88. The van der Waals surface area contributed by atoms with Crippen LogP contribution in [0.1, 0.15) is 5.56 Å². The van der Waals surface area contributed by atoms with Gasteiger partial charge in [0, 0.05) is 6.20 Å². The van der Waals surface area contributed by atoms with Crippen LogP contribution in [0.5, 0.6) is 5.88 Å². The quantitative estimate of drug-likeness (QED) is 0.632.